The average Bonchev–Trinajstić information content (AvgIpc) is 2.90. The van der Waals surface area contributed by atoms with E-state index in [4.69, 9.17) is 14.5 Å². The van der Waals surface area contributed by atoms with E-state index in [1.807, 2.05) is 61.5 Å². The van der Waals surface area contributed by atoms with E-state index in [0.717, 1.165) is 17.1 Å². The largest absolute Gasteiger partial charge is 0.497 e. The maximum Gasteiger partial charge on any atom is 0.238 e. The summed E-state index contributed by atoms with van der Waals surface area (Å²) in [6, 6.07) is 24.5. The summed E-state index contributed by atoms with van der Waals surface area (Å²) in [4.78, 5) is 32.7. The fourth-order valence-electron chi connectivity index (χ4n) is 3.74. The number of amidine groups is 1. The van der Waals surface area contributed by atoms with Crippen molar-refractivity contribution < 1.29 is 19.1 Å². The van der Waals surface area contributed by atoms with Crippen LogP contribution in [0.1, 0.15) is 18.9 Å². The van der Waals surface area contributed by atoms with Gasteiger partial charge in [0, 0.05) is 18.7 Å². The summed E-state index contributed by atoms with van der Waals surface area (Å²) in [5, 5.41) is 2.84. The van der Waals surface area contributed by atoms with Crippen molar-refractivity contribution in [2.45, 2.75) is 25.0 Å². The predicted octanol–water partition coefficient (Wildman–Crippen LogP) is 5.30. The van der Waals surface area contributed by atoms with Gasteiger partial charge >= 0.3 is 0 Å². The van der Waals surface area contributed by atoms with E-state index in [1.54, 1.807) is 36.3 Å². The third-order valence-corrected chi connectivity index (χ3v) is 6.82. The third kappa shape index (κ3) is 6.66. The molecule has 3 aromatic rings. The monoisotopic (exact) mass is 503 g/mol. The van der Waals surface area contributed by atoms with Crippen molar-refractivity contribution in [2.75, 3.05) is 25.6 Å². The average molecular weight is 504 g/mol. The maximum absolute atomic E-state index is 13.2. The van der Waals surface area contributed by atoms with Crippen LogP contribution < -0.4 is 14.8 Å². The second-order valence-electron chi connectivity index (χ2n) is 8.13. The van der Waals surface area contributed by atoms with Crippen LogP contribution >= 0.6 is 11.8 Å². The number of benzene rings is 3. The Morgan fingerprint density at radius 1 is 1.03 bits per heavy atom. The van der Waals surface area contributed by atoms with Crippen molar-refractivity contribution in [1.29, 1.82) is 0 Å². The number of carbonyl (C=O) groups is 2. The first kappa shape index (κ1) is 25.3. The first-order chi connectivity index (χ1) is 17.6. The summed E-state index contributed by atoms with van der Waals surface area (Å²) in [7, 11) is 1.61. The molecule has 186 valence electrons. The number of ether oxygens (including phenoxy) is 2. The van der Waals surface area contributed by atoms with Crippen LogP contribution in [0, 0.1) is 0 Å². The van der Waals surface area contributed by atoms with Crippen LogP contribution in [0.2, 0.25) is 0 Å². The first-order valence-electron chi connectivity index (χ1n) is 11.8. The van der Waals surface area contributed by atoms with Crippen LogP contribution in [0.4, 0.5) is 11.4 Å². The highest BCUT2D eigenvalue weighted by atomic mass is 32.2. The van der Waals surface area contributed by atoms with Crippen LogP contribution in [-0.4, -0.2) is 47.4 Å². The molecule has 1 atom stereocenters. The van der Waals surface area contributed by atoms with Gasteiger partial charge in [0.25, 0.3) is 0 Å². The second kappa shape index (κ2) is 12.3. The standard InChI is InChI=1S/C28H29N3O4S/c1-3-35-24-15-11-21(12-16-24)29-27(33)25-19-26(32)31(18-17-20-7-5-4-6-8-20)28(36-25)30-22-9-13-23(34-2)14-10-22/h4-16,25H,3,17-19H2,1-2H3,(H,29,33). The third-order valence-electron chi connectivity index (χ3n) is 5.63. The summed E-state index contributed by atoms with van der Waals surface area (Å²) < 4.78 is 10.7. The molecule has 1 heterocycles. The lowest BCUT2D eigenvalue weighted by Gasteiger charge is -2.32. The first-order valence-corrected chi connectivity index (χ1v) is 12.7. The van der Waals surface area contributed by atoms with Gasteiger partial charge in [-0.2, -0.15) is 0 Å². The fourth-order valence-corrected chi connectivity index (χ4v) is 4.86. The molecule has 1 N–H and O–H groups in total. The molecule has 0 radical (unpaired) electrons. The zero-order chi connectivity index (χ0) is 25.3. The molecule has 1 aliphatic rings. The molecule has 1 fully saturated rings. The van der Waals surface area contributed by atoms with E-state index in [9.17, 15) is 9.59 Å². The number of nitrogens with zero attached hydrogens (tertiary/aromatic N) is 2. The van der Waals surface area contributed by atoms with Crippen LogP contribution in [0.5, 0.6) is 11.5 Å². The smallest absolute Gasteiger partial charge is 0.238 e. The lowest BCUT2D eigenvalue weighted by molar-refractivity contribution is -0.129. The van der Waals surface area contributed by atoms with Gasteiger partial charge in [-0.3, -0.25) is 14.5 Å². The van der Waals surface area contributed by atoms with Gasteiger partial charge in [-0.05, 0) is 67.4 Å². The van der Waals surface area contributed by atoms with Gasteiger partial charge in [0.1, 0.15) is 16.7 Å². The number of hydrogen-bond donors (Lipinski definition) is 1. The quantitative estimate of drug-likeness (QED) is 0.429. The van der Waals surface area contributed by atoms with Crippen molar-refractivity contribution in [2.24, 2.45) is 4.99 Å². The van der Waals surface area contributed by atoms with Crippen LogP contribution in [0.3, 0.4) is 0 Å². The Morgan fingerprint density at radius 2 is 1.72 bits per heavy atom. The zero-order valence-corrected chi connectivity index (χ0v) is 21.2. The van der Waals surface area contributed by atoms with Gasteiger partial charge in [-0.25, -0.2) is 4.99 Å². The predicted molar refractivity (Wildman–Crippen MR) is 144 cm³/mol. The Bertz CT molecular complexity index is 1200. The van der Waals surface area contributed by atoms with Gasteiger partial charge in [0.05, 0.1) is 19.4 Å². The molecule has 1 saturated heterocycles. The normalized spacial score (nSPS) is 16.6. The van der Waals surface area contributed by atoms with Gasteiger partial charge in [0.2, 0.25) is 11.8 Å². The highest BCUT2D eigenvalue weighted by Gasteiger charge is 2.35. The summed E-state index contributed by atoms with van der Waals surface area (Å²) in [5.41, 5.74) is 2.47. The molecule has 4 rings (SSSR count). The number of carbonyl (C=O) groups excluding carboxylic acids is 2. The molecule has 0 saturated carbocycles. The number of thioether (sulfide) groups is 1. The van der Waals surface area contributed by atoms with E-state index in [1.165, 1.54) is 11.8 Å². The topological polar surface area (TPSA) is 80.2 Å². The molecular formula is C28H29N3O4S. The fraction of sp³-hybridized carbons (Fsp3) is 0.250. The number of anilines is 1. The molecule has 0 aliphatic carbocycles. The van der Waals surface area contributed by atoms with Crippen molar-refractivity contribution in [3.8, 4) is 11.5 Å². The molecule has 8 heteroatoms. The molecule has 36 heavy (non-hydrogen) atoms. The molecule has 0 spiro atoms. The van der Waals surface area contributed by atoms with E-state index in [-0.39, 0.29) is 18.2 Å². The Hall–Kier alpha value is -3.78. The highest BCUT2D eigenvalue weighted by molar-refractivity contribution is 8.15. The van der Waals surface area contributed by atoms with Gasteiger partial charge in [-0.15, -0.1) is 0 Å². The van der Waals surface area contributed by atoms with E-state index >= 15 is 0 Å². The Balaban J connectivity index is 1.52. The molecule has 0 bridgehead atoms. The van der Waals surface area contributed by atoms with E-state index in [2.05, 4.69) is 5.32 Å². The Morgan fingerprint density at radius 3 is 2.39 bits per heavy atom. The summed E-state index contributed by atoms with van der Waals surface area (Å²) in [6.45, 7) is 2.98. The van der Waals surface area contributed by atoms with Crippen LogP contribution in [-0.2, 0) is 16.0 Å². The number of methoxy groups -OCH3 is 1. The molecule has 3 aromatic carbocycles. The number of rotatable bonds is 9. The van der Waals surface area contributed by atoms with Gasteiger partial charge in [-0.1, -0.05) is 42.1 Å². The minimum absolute atomic E-state index is 0.101. The van der Waals surface area contributed by atoms with Gasteiger partial charge < -0.3 is 14.8 Å². The Kier molecular flexibility index (Phi) is 8.62. The number of amides is 2. The van der Waals surface area contributed by atoms with Crippen LogP contribution in [0.15, 0.2) is 83.9 Å². The molecular weight excluding hydrogens is 474 g/mol. The van der Waals surface area contributed by atoms with Gasteiger partial charge in [0.15, 0.2) is 5.17 Å². The minimum atomic E-state index is -0.589. The van der Waals surface area contributed by atoms with Crippen LogP contribution in [0.25, 0.3) is 0 Å². The molecule has 1 aliphatic heterocycles. The molecule has 7 nitrogen and oxygen atoms in total. The summed E-state index contributed by atoms with van der Waals surface area (Å²) >= 11 is 1.31. The lowest BCUT2D eigenvalue weighted by atomic mass is 10.1. The zero-order valence-electron chi connectivity index (χ0n) is 20.3. The van der Waals surface area contributed by atoms with Crippen molar-refractivity contribution in [1.82, 2.24) is 4.90 Å². The maximum atomic E-state index is 13.2. The lowest BCUT2D eigenvalue weighted by Crippen LogP contribution is -2.46. The second-order valence-corrected chi connectivity index (χ2v) is 9.30. The molecule has 2 amide bonds. The van der Waals surface area contributed by atoms with Crippen molar-refractivity contribution in [3.63, 3.8) is 0 Å². The minimum Gasteiger partial charge on any atom is -0.497 e. The van der Waals surface area contributed by atoms with Crippen molar-refractivity contribution in [3.05, 3.63) is 84.4 Å². The van der Waals surface area contributed by atoms with Crippen molar-refractivity contribution >= 4 is 40.1 Å². The molecule has 1 unspecified atom stereocenters. The number of hydrogen-bond acceptors (Lipinski definition) is 6. The summed E-state index contributed by atoms with van der Waals surface area (Å²) in [5.74, 6) is 1.10. The van der Waals surface area contributed by atoms with E-state index < -0.39 is 5.25 Å². The number of nitrogens with one attached hydrogen (secondary N) is 1. The highest BCUT2D eigenvalue weighted by Crippen LogP contribution is 2.31. The Labute approximate surface area is 215 Å². The summed E-state index contributed by atoms with van der Waals surface area (Å²) in [6.07, 6.45) is 0.793. The number of aliphatic imine (C=N–C) groups is 1. The SMILES string of the molecule is CCOc1ccc(NC(=O)C2CC(=O)N(CCc3ccccc3)C(=Nc3ccc(OC)cc3)S2)cc1. The molecule has 0 aromatic heterocycles. The van der Waals surface area contributed by atoms with E-state index in [0.29, 0.717) is 36.1 Å².